The number of phenolic OH excluding ortho intramolecular Hbond substituents is 1. The number of ether oxygens (including phenoxy) is 1. The topological polar surface area (TPSA) is 72.5 Å². The Labute approximate surface area is 144 Å². The maximum atomic E-state index is 14.4. The molecule has 5 heteroatoms. The van der Waals surface area contributed by atoms with Crippen LogP contribution in [0.2, 0.25) is 0 Å². The number of phenols is 1. The van der Waals surface area contributed by atoms with Crippen molar-refractivity contribution in [2.75, 3.05) is 6.61 Å². The van der Waals surface area contributed by atoms with E-state index in [1.165, 1.54) is 0 Å². The van der Waals surface area contributed by atoms with Gasteiger partial charge in [0.05, 0.1) is 12.6 Å². The molecule has 2 atom stereocenters. The first kappa shape index (κ1) is 20.4. The number of carbonyl (C=O) groups is 1. The van der Waals surface area contributed by atoms with Crippen LogP contribution < -0.4 is 5.73 Å². The Kier molecular flexibility index (Phi) is 6.04. The highest BCUT2D eigenvalue weighted by molar-refractivity contribution is 5.76. The number of benzene rings is 1. The lowest BCUT2D eigenvalue weighted by Crippen LogP contribution is -2.32. The van der Waals surface area contributed by atoms with E-state index in [1.54, 1.807) is 13.0 Å². The summed E-state index contributed by atoms with van der Waals surface area (Å²) in [6, 6.07) is 2.32. The minimum absolute atomic E-state index is 0.0602. The smallest absolute Gasteiger partial charge is 0.342 e. The molecule has 0 saturated heterocycles. The van der Waals surface area contributed by atoms with E-state index in [2.05, 4.69) is 0 Å². The molecule has 0 aromatic heterocycles. The zero-order valence-corrected chi connectivity index (χ0v) is 15.7. The van der Waals surface area contributed by atoms with E-state index in [9.17, 15) is 14.3 Å². The normalized spacial score (nSPS) is 15.0. The van der Waals surface area contributed by atoms with Crippen molar-refractivity contribution in [2.24, 2.45) is 5.73 Å². The van der Waals surface area contributed by atoms with Gasteiger partial charge in [0.2, 0.25) is 6.17 Å². The molecule has 3 N–H and O–H groups in total. The molecule has 1 aromatic carbocycles. The molecule has 1 aromatic rings. The van der Waals surface area contributed by atoms with E-state index in [0.29, 0.717) is 5.56 Å². The summed E-state index contributed by atoms with van der Waals surface area (Å²) in [5.74, 6) is -1.07. The fourth-order valence-corrected chi connectivity index (χ4v) is 2.44. The summed E-state index contributed by atoms with van der Waals surface area (Å²) in [4.78, 5) is 11.7. The zero-order chi connectivity index (χ0) is 18.9. The summed E-state index contributed by atoms with van der Waals surface area (Å²) >= 11 is 0. The van der Waals surface area contributed by atoms with Gasteiger partial charge in [-0.25, -0.2) is 9.18 Å². The van der Waals surface area contributed by atoms with Gasteiger partial charge < -0.3 is 15.6 Å². The van der Waals surface area contributed by atoms with Crippen molar-refractivity contribution >= 4 is 5.97 Å². The lowest BCUT2D eigenvalue weighted by Gasteiger charge is -2.29. The van der Waals surface area contributed by atoms with Crippen LogP contribution in [-0.2, 0) is 20.4 Å². The minimum atomic E-state index is -2.03. The first-order valence-corrected chi connectivity index (χ1v) is 8.24. The molecule has 0 aliphatic rings. The largest absolute Gasteiger partial charge is 0.507 e. The number of nitrogens with two attached hydrogens (primary N) is 1. The second kappa shape index (κ2) is 7.09. The molecule has 1 rings (SSSR count). The van der Waals surface area contributed by atoms with Crippen LogP contribution in [0.4, 0.5) is 4.39 Å². The van der Waals surface area contributed by atoms with Crippen LogP contribution in [0.1, 0.15) is 71.2 Å². The summed E-state index contributed by atoms with van der Waals surface area (Å²) in [5, 5.41) is 10.6. The van der Waals surface area contributed by atoms with Crippen molar-refractivity contribution in [3.63, 3.8) is 0 Å². The maximum Gasteiger partial charge on any atom is 0.342 e. The van der Waals surface area contributed by atoms with Crippen LogP contribution in [0.15, 0.2) is 12.1 Å². The number of hydrogen-bond donors (Lipinski definition) is 2. The molecular weight excluding hydrogens is 309 g/mol. The third-order valence-corrected chi connectivity index (χ3v) is 4.00. The second-order valence-electron chi connectivity index (χ2n) is 8.14. The van der Waals surface area contributed by atoms with Crippen LogP contribution in [0, 0.1) is 0 Å². The van der Waals surface area contributed by atoms with Crippen molar-refractivity contribution < 1.29 is 19.0 Å². The van der Waals surface area contributed by atoms with Gasteiger partial charge in [0, 0.05) is 5.56 Å². The molecule has 0 amide bonds. The van der Waals surface area contributed by atoms with Gasteiger partial charge in [-0.2, -0.15) is 0 Å². The van der Waals surface area contributed by atoms with Crippen LogP contribution in [0.25, 0.3) is 0 Å². The lowest BCUT2D eigenvalue weighted by atomic mass is 9.78. The van der Waals surface area contributed by atoms with Crippen LogP contribution in [-0.4, -0.2) is 23.9 Å². The van der Waals surface area contributed by atoms with E-state index in [0.717, 1.165) is 5.56 Å². The molecule has 0 fully saturated rings. The predicted octanol–water partition coefficient (Wildman–Crippen LogP) is 3.89. The van der Waals surface area contributed by atoms with E-state index in [1.807, 2.05) is 47.6 Å². The number of aromatic hydroxyl groups is 1. The number of esters is 1. The number of alkyl halides is 1. The molecule has 0 heterocycles. The summed E-state index contributed by atoms with van der Waals surface area (Å²) in [5.41, 5.74) is 7.23. The monoisotopic (exact) mass is 339 g/mol. The Morgan fingerprint density at radius 1 is 1.21 bits per heavy atom. The molecule has 24 heavy (non-hydrogen) atoms. The van der Waals surface area contributed by atoms with Crippen molar-refractivity contribution in [3.8, 4) is 5.75 Å². The van der Waals surface area contributed by atoms with Crippen molar-refractivity contribution in [1.82, 2.24) is 0 Å². The van der Waals surface area contributed by atoms with Gasteiger partial charge in [0.25, 0.3) is 0 Å². The number of halogens is 1. The van der Waals surface area contributed by atoms with Crippen molar-refractivity contribution in [1.29, 1.82) is 0 Å². The Bertz CT molecular complexity index is 600. The molecule has 0 saturated carbocycles. The number of hydrogen-bond acceptors (Lipinski definition) is 4. The Balaban J connectivity index is 3.49. The zero-order valence-electron chi connectivity index (χ0n) is 15.7. The van der Waals surface area contributed by atoms with Gasteiger partial charge in [0.1, 0.15) is 5.75 Å². The molecule has 0 bridgehead atoms. The lowest BCUT2D eigenvalue weighted by molar-refractivity contribution is -0.149. The van der Waals surface area contributed by atoms with Gasteiger partial charge in [-0.1, -0.05) is 47.6 Å². The Morgan fingerprint density at radius 3 is 2.17 bits per heavy atom. The van der Waals surface area contributed by atoms with Gasteiger partial charge >= 0.3 is 5.97 Å². The second-order valence-corrected chi connectivity index (χ2v) is 8.14. The summed E-state index contributed by atoms with van der Waals surface area (Å²) in [6.45, 7) is 13.6. The van der Waals surface area contributed by atoms with Gasteiger partial charge in [-0.3, -0.25) is 0 Å². The van der Waals surface area contributed by atoms with Gasteiger partial charge in [-0.15, -0.1) is 0 Å². The molecule has 1 unspecified atom stereocenters. The highest BCUT2D eigenvalue weighted by Gasteiger charge is 2.33. The van der Waals surface area contributed by atoms with E-state index in [-0.39, 0.29) is 28.7 Å². The molecule has 136 valence electrons. The molecule has 0 aliphatic carbocycles. The molecule has 0 radical (unpaired) electrons. The van der Waals surface area contributed by atoms with E-state index < -0.39 is 18.2 Å². The van der Waals surface area contributed by atoms with Gasteiger partial charge in [-0.05, 0) is 34.9 Å². The van der Waals surface area contributed by atoms with Gasteiger partial charge in [0.15, 0.2) is 0 Å². The molecule has 0 spiro atoms. The Morgan fingerprint density at radius 2 is 1.75 bits per heavy atom. The third-order valence-electron chi connectivity index (χ3n) is 4.00. The Hall–Kier alpha value is -1.62. The molecule has 4 nitrogen and oxygen atoms in total. The highest BCUT2D eigenvalue weighted by atomic mass is 19.1. The van der Waals surface area contributed by atoms with Crippen molar-refractivity contribution in [3.05, 3.63) is 28.8 Å². The summed E-state index contributed by atoms with van der Waals surface area (Å²) in [6.07, 6.45) is -2.03. The molecular formula is C19H30FNO3. The first-order valence-electron chi connectivity index (χ1n) is 8.24. The third kappa shape index (κ3) is 4.47. The van der Waals surface area contributed by atoms with E-state index >= 15 is 0 Å². The fourth-order valence-electron chi connectivity index (χ4n) is 2.44. The standard InChI is InChI=1S/C19H30FNO3/c1-8-24-17(23)14(20)15(21)12-9-11(18(2,3)4)10-13(16(12)22)19(5,6)7/h9-10,14-15,22H,8,21H2,1-7H3/t14?,15-/m0/s1. The molecule has 0 aliphatic heterocycles. The summed E-state index contributed by atoms with van der Waals surface area (Å²) < 4.78 is 19.1. The number of carbonyl (C=O) groups excluding carboxylic acids is 1. The van der Waals surface area contributed by atoms with Crippen LogP contribution in [0.5, 0.6) is 5.75 Å². The summed E-state index contributed by atoms with van der Waals surface area (Å²) in [7, 11) is 0. The van der Waals surface area contributed by atoms with Crippen LogP contribution >= 0.6 is 0 Å². The average molecular weight is 339 g/mol. The van der Waals surface area contributed by atoms with E-state index in [4.69, 9.17) is 10.5 Å². The predicted molar refractivity (Wildman–Crippen MR) is 94.0 cm³/mol. The van der Waals surface area contributed by atoms with Crippen LogP contribution in [0.3, 0.4) is 0 Å². The quantitative estimate of drug-likeness (QED) is 0.816. The minimum Gasteiger partial charge on any atom is -0.507 e. The SMILES string of the molecule is CCOC(=O)C(F)[C@@H](N)c1cc(C(C)(C)C)cc(C(C)(C)C)c1O. The highest BCUT2D eigenvalue weighted by Crippen LogP contribution is 2.40. The average Bonchev–Trinajstić information content (AvgIpc) is 2.43. The first-order chi connectivity index (χ1) is 10.8. The van der Waals surface area contributed by atoms with Crippen molar-refractivity contribution in [2.45, 2.75) is 71.5 Å². The maximum absolute atomic E-state index is 14.4. The number of rotatable bonds is 4. The fraction of sp³-hybridized carbons (Fsp3) is 0.632.